The second kappa shape index (κ2) is 6.96. The van der Waals surface area contributed by atoms with Crippen LogP contribution in [0.2, 0.25) is 0 Å². The number of rotatable bonds is 5. The first-order valence-corrected chi connectivity index (χ1v) is 9.11. The molecule has 1 aliphatic carbocycles. The van der Waals surface area contributed by atoms with Crippen molar-refractivity contribution >= 4 is 27.3 Å². The first kappa shape index (κ1) is 16.5. The zero-order valence-electron chi connectivity index (χ0n) is 12.9. The van der Waals surface area contributed by atoms with Gasteiger partial charge in [0.05, 0.1) is 19.1 Å². The second-order valence-corrected chi connectivity index (χ2v) is 7.24. The Balaban J connectivity index is 2.48. The van der Waals surface area contributed by atoms with Crippen molar-refractivity contribution in [2.24, 2.45) is 0 Å². The molecule has 0 aliphatic heterocycles. The van der Waals surface area contributed by atoms with Crippen LogP contribution >= 0.6 is 0 Å². The summed E-state index contributed by atoms with van der Waals surface area (Å²) in [5.74, 6) is -0.585. The van der Waals surface area contributed by atoms with Crippen molar-refractivity contribution in [2.45, 2.75) is 25.7 Å². The second-order valence-electron chi connectivity index (χ2n) is 5.34. The predicted molar refractivity (Wildman–Crippen MR) is 87.1 cm³/mol. The van der Waals surface area contributed by atoms with Gasteiger partial charge in [0.25, 0.3) is 0 Å². The topological polar surface area (TPSA) is 63.7 Å². The van der Waals surface area contributed by atoms with E-state index < -0.39 is 16.0 Å². The van der Waals surface area contributed by atoms with E-state index in [0.717, 1.165) is 47.4 Å². The van der Waals surface area contributed by atoms with Crippen LogP contribution in [0.1, 0.15) is 31.2 Å². The van der Waals surface area contributed by atoms with Gasteiger partial charge in [0.1, 0.15) is 6.54 Å². The van der Waals surface area contributed by atoms with Crippen LogP contribution < -0.4 is 4.31 Å². The molecule has 0 heterocycles. The first-order chi connectivity index (χ1) is 10.4. The van der Waals surface area contributed by atoms with Crippen LogP contribution in [0.5, 0.6) is 0 Å². The Labute approximate surface area is 131 Å². The quantitative estimate of drug-likeness (QED) is 0.781. The third-order valence-electron chi connectivity index (χ3n) is 3.71. The lowest BCUT2D eigenvalue weighted by Gasteiger charge is -2.25. The Morgan fingerprint density at radius 1 is 1.27 bits per heavy atom. The third kappa shape index (κ3) is 3.88. The Morgan fingerprint density at radius 2 is 2.00 bits per heavy atom. The van der Waals surface area contributed by atoms with Gasteiger partial charge in [-0.3, -0.25) is 9.10 Å². The summed E-state index contributed by atoms with van der Waals surface area (Å²) in [7, 11) is -2.33. The van der Waals surface area contributed by atoms with Gasteiger partial charge in [-0.25, -0.2) is 8.42 Å². The summed E-state index contributed by atoms with van der Waals surface area (Å²) < 4.78 is 30.0. The van der Waals surface area contributed by atoms with E-state index in [1.165, 1.54) is 7.11 Å². The SMILES string of the molecule is COC(=O)CN(c1ccccc1C1=CCCCC1)S(C)(=O)=O. The summed E-state index contributed by atoms with van der Waals surface area (Å²) in [4.78, 5) is 11.6. The predicted octanol–water partition coefficient (Wildman–Crippen LogP) is 2.58. The lowest BCUT2D eigenvalue weighted by molar-refractivity contribution is -0.138. The molecule has 0 saturated carbocycles. The molecule has 0 bridgehead atoms. The van der Waals surface area contributed by atoms with Gasteiger partial charge in [0.2, 0.25) is 10.0 Å². The molecule has 0 N–H and O–H groups in total. The summed E-state index contributed by atoms with van der Waals surface area (Å²) in [5.41, 5.74) is 2.54. The van der Waals surface area contributed by atoms with E-state index in [1.54, 1.807) is 12.1 Å². The Bertz CT molecular complexity index is 679. The average Bonchev–Trinajstić information content (AvgIpc) is 2.52. The lowest BCUT2D eigenvalue weighted by atomic mass is 9.92. The molecule has 0 saturated heterocycles. The molecule has 0 atom stereocenters. The molecule has 22 heavy (non-hydrogen) atoms. The lowest BCUT2D eigenvalue weighted by Crippen LogP contribution is -2.36. The maximum atomic E-state index is 12.1. The van der Waals surface area contributed by atoms with Crippen molar-refractivity contribution in [2.75, 3.05) is 24.2 Å². The van der Waals surface area contributed by atoms with E-state index in [2.05, 4.69) is 10.8 Å². The van der Waals surface area contributed by atoms with Crippen LogP contribution in [0.3, 0.4) is 0 Å². The van der Waals surface area contributed by atoms with E-state index in [1.807, 2.05) is 12.1 Å². The van der Waals surface area contributed by atoms with Gasteiger partial charge in [-0.15, -0.1) is 0 Å². The summed E-state index contributed by atoms with van der Waals surface area (Å²) in [6.07, 6.45) is 7.43. The van der Waals surface area contributed by atoms with E-state index >= 15 is 0 Å². The summed E-state index contributed by atoms with van der Waals surface area (Å²) in [5, 5.41) is 0. The molecule has 1 aliphatic rings. The number of methoxy groups -OCH3 is 1. The minimum atomic E-state index is -3.58. The van der Waals surface area contributed by atoms with Crippen LogP contribution in [0.4, 0.5) is 5.69 Å². The number of anilines is 1. The van der Waals surface area contributed by atoms with Crippen LogP contribution in [-0.2, 0) is 19.6 Å². The van der Waals surface area contributed by atoms with Crippen LogP contribution in [0.25, 0.3) is 5.57 Å². The number of carbonyl (C=O) groups excluding carboxylic acids is 1. The number of allylic oxidation sites excluding steroid dienone is 2. The van der Waals surface area contributed by atoms with Gasteiger partial charge in [0.15, 0.2) is 0 Å². The number of benzene rings is 1. The average molecular weight is 323 g/mol. The highest BCUT2D eigenvalue weighted by Crippen LogP contribution is 2.34. The van der Waals surface area contributed by atoms with Gasteiger partial charge in [-0.05, 0) is 37.3 Å². The normalized spacial score (nSPS) is 15.1. The molecule has 5 nitrogen and oxygen atoms in total. The molecular formula is C16H21NO4S. The van der Waals surface area contributed by atoms with E-state index in [9.17, 15) is 13.2 Å². The van der Waals surface area contributed by atoms with Gasteiger partial charge in [0, 0.05) is 5.56 Å². The molecule has 0 spiro atoms. The summed E-state index contributed by atoms with van der Waals surface area (Å²) in [6, 6.07) is 7.29. The van der Waals surface area contributed by atoms with E-state index in [4.69, 9.17) is 0 Å². The molecule has 1 aromatic rings. The van der Waals surface area contributed by atoms with Crippen LogP contribution in [0, 0.1) is 0 Å². The highest BCUT2D eigenvalue weighted by molar-refractivity contribution is 7.92. The maximum absolute atomic E-state index is 12.1. The number of sulfonamides is 1. The molecular weight excluding hydrogens is 302 g/mol. The van der Waals surface area contributed by atoms with Gasteiger partial charge >= 0.3 is 5.97 Å². The number of carbonyl (C=O) groups is 1. The molecule has 1 aromatic carbocycles. The number of nitrogens with zero attached hydrogens (tertiary/aromatic N) is 1. The van der Waals surface area contributed by atoms with Crippen molar-refractivity contribution < 1.29 is 17.9 Å². The van der Waals surface area contributed by atoms with Gasteiger partial charge in [-0.1, -0.05) is 24.3 Å². The van der Waals surface area contributed by atoms with Crippen LogP contribution in [-0.4, -0.2) is 34.3 Å². The highest BCUT2D eigenvalue weighted by atomic mass is 32.2. The molecule has 0 amide bonds. The van der Waals surface area contributed by atoms with Crippen molar-refractivity contribution in [1.29, 1.82) is 0 Å². The Hall–Kier alpha value is -1.82. The largest absolute Gasteiger partial charge is 0.468 e. The zero-order valence-corrected chi connectivity index (χ0v) is 13.7. The number of hydrogen-bond acceptors (Lipinski definition) is 4. The molecule has 0 radical (unpaired) electrons. The van der Waals surface area contributed by atoms with Crippen molar-refractivity contribution in [3.63, 3.8) is 0 Å². The standard InChI is InChI=1S/C16H21NO4S/c1-21-16(18)12-17(22(2,19)20)15-11-7-6-10-14(15)13-8-4-3-5-9-13/h6-8,10-11H,3-5,9,12H2,1-2H3. The first-order valence-electron chi connectivity index (χ1n) is 7.26. The molecule has 2 rings (SSSR count). The van der Waals surface area contributed by atoms with Crippen molar-refractivity contribution in [3.05, 3.63) is 35.9 Å². The third-order valence-corrected chi connectivity index (χ3v) is 4.84. The fraction of sp³-hybridized carbons (Fsp3) is 0.438. The molecule has 0 fully saturated rings. The number of para-hydroxylation sites is 1. The number of ether oxygens (including phenoxy) is 1. The van der Waals surface area contributed by atoms with Crippen LogP contribution in [0.15, 0.2) is 30.3 Å². The fourth-order valence-electron chi connectivity index (χ4n) is 2.61. The highest BCUT2D eigenvalue weighted by Gasteiger charge is 2.24. The summed E-state index contributed by atoms with van der Waals surface area (Å²) in [6.45, 7) is -0.320. The molecule has 0 aromatic heterocycles. The zero-order chi connectivity index (χ0) is 16.2. The minimum absolute atomic E-state index is 0.320. The fourth-order valence-corrected chi connectivity index (χ4v) is 3.46. The van der Waals surface area contributed by atoms with E-state index in [-0.39, 0.29) is 6.54 Å². The Kier molecular flexibility index (Phi) is 5.24. The van der Waals surface area contributed by atoms with Gasteiger partial charge in [-0.2, -0.15) is 0 Å². The monoisotopic (exact) mass is 323 g/mol. The van der Waals surface area contributed by atoms with Crippen molar-refractivity contribution in [1.82, 2.24) is 0 Å². The maximum Gasteiger partial charge on any atom is 0.326 e. The Morgan fingerprint density at radius 3 is 2.59 bits per heavy atom. The van der Waals surface area contributed by atoms with E-state index in [0.29, 0.717) is 5.69 Å². The number of esters is 1. The molecule has 6 heteroatoms. The minimum Gasteiger partial charge on any atom is -0.468 e. The van der Waals surface area contributed by atoms with Gasteiger partial charge < -0.3 is 4.74 Å². The molecule has 120 valence electrons. The smallest absolute Gasteiger partial charge is 0.326 e. The van der Waals surface area contributed by atoms with Crippen molar-refractivity contribution in [3.8, 4) is 0 Å². The summed E-state index contributed by atoms with van der Waals surface area (Å²) >= 11 is 0. The number of hydrogen-bond donors (Lipinski definition) is 0. The molecule has 0 unspecified atom stereocenters.